The van der Waals surface area contributed by atoms with Gasteiger partial charge in [-0.3, -0.25) is 14.8 Å². The summed E-state index contributed by atoms with van der Waals surface area (Å²) in [7, 11) is -4.62. The zero-order valence-corrected chi connectivity index (χ0v) is 12.9. The molecular weight excluding hydrogens is 369 g/mol. The Kier molecular flexibility index (Phi) is 3.40. The monoisotopic (exact) mass is 377 g/mol. The minimum absolute atomic E-state index is 0.0376. The smallest absolute Gasteiger partial charge is 0.296 e. The molecule has 0 saturated carbocycles. The van der Waals surface area contributed by atoms with Crippen LogP contribution in [0.15, 0.2) is 10.9 Å². The van der Waals surface area contributed by atoms with E-state index >= 15 is 0 Å². The van der Waals surface area contributed by atoms with Crippen LogP contribution in [0.2, 0.25) is 0 Å². The van der Waals surface area contributed by atoms with Crippen LogP contribution in [0.1, 0.15) is 6.42 Å². The number of nitrogens with one attached hydrogen (secondary N) is 1. The van der Waals surface area contributed by atoms with Gasteiger partial charge in [-0.05, 0) is 15.9 Å². The Bertz CT molecular complexity index is 823. The maximum absolute atomic E-state index is 12.8. The average molecular weight is 378 g/mol. The molecule has 0 aromatic carbocycles. The highest BCUT2D eigenvalue weighted by Crippen LogP contribution is 2.32. The molecule has 1 aliphatic rings. The molecule has 0 aliphatic carbocycles. The van der Waals surface area contributed by atoms with Crippen LogP contribution in [-0.2, 0) is 15.0 Å². The van der Waals surface area contributed by atoms with E-state index in [9.17, 15) is 17.1 Å². The van der Waals surface area contributed by atoms with Crippen molar-refractivity contribution in [2.45, 2.75) is 6.42 Å². The molecule has 0 bridgehead atoms. The number of hydrogen-bond donors (Lipinski definition) is 1. The summed E-state index contributed by atoms with van der Waals surface area (Å²) in [5, 5.41) is 7.13. The topological polar surface area (TPSA) is 109 Å². The molecule has 1 atom stereocenters. The fourth-order valence-electron chi connectivity index (χ4n) is 2.39. The fraction of sp³-hybridized carbons (Fsp3) is 0.400. The molecule has 3 rings (SSSR count). The molecule has 2 aromatic heterocycles. The average Bonchev–Trinajstić information content (AvgIpc) is 2.91. The highest BCUT2D eigenvalue weighted by Gasteiger charge is 2.35. The molecular formula is C10H9BrFN5O3S. The predicted octanol–water partition coefficient (Wildman–Crippen LogP) is 0.768. The number of anilines is 1. The molecule has 1 amide bonds. The summed E-state index contributed by atoms with van der Waals surface area (Å²) in [5.74, 6) is -1.25. The van der Waals surface area contributed by atoms with Crippen LogP contribution in [0, 0.1) is 5.92 Å². The molecule has 0 radical (unpaired) electrons. The van der Waals surface area contributed by atoms with E-state index in [1.807, 2.05) is 0 Å². The maximum atomic E-state index is 12.8. The first kappa shape index (κ1) is 14.3. The molecule has 112 valence electrons. The van der Waals surface area contributed by atoms with Gasteiger partial charge in [0.1, 0.15) is 10.9 Å². The van der Waals surface area contributed by atoms with Gasteiger partial charge in [-0.25, -0.2) is 9.97 Å². The zero-order chi connectivity index (χ0) is 15.2. The van der Waals surface area contributed by atoms with E-state index in [0.717, 1.165) is 0 Å². The first-order valence-electron chi connectivity index (χ1n) is 5.92. The molecule has 21 heavy (non-hydrogen) atoms. The van der Waals surface area contributed by atoms with Crippen molar-refractivity contribution in [1.29, 1.82) is 0 Å². The highest BCUT2D eigenvalue weighted by molar-refractivity contribution is 9.10. The van der Waals surface area contributed by atoms with Crippen molar-refractivity contribution >= 4 is 48.9 Å². The number of fused-ring (bicyclic) bond motifs is 1. The van der Waals surface area contributed by atoms with Gasteiger partial charge in [0, 0.05) is 18.9 Å². The number of aromatic amines is 1. The Morgan fingerprint density at radius 3 is 2.95 bits per heavy atom. The number of nitrogens with zero attached hydrogens (tertiary/aromatic N) is 4. The Hall–Kier alpha value is -1.62. The number of halogens is 2. The van der Waals surface area contributed by atoms with Crippen LogP contribution in [0.5, 0.6) is 0 Å². The van der Waals surface area contributed by atoms with Crippen LogP contribution < -0.4 is 4.90 Å². The van der Waals surface area contributed by atoms with Gasteiger partial charge in [-0.1, -0.05) is 0 Å². The van der Waals surface area contributed by atoms with Gasteiger partial charge in [0.15, 0.2) is 11.5 Å². The lowest BCUT2D eigenvalue weighted by Crippen LogP contribution is -2.26. The summed E-state index contributed by atoms with van der Waals surface area (Å²) >= 11 is 3.26. The van der Waals surface area contributed by atoms with E-state index < -0.39 is 21.9 Å². The molecule has 1 saturated heterocycles. The van der Waals surface area contributed by atoms with E-state index in [2.05, 4.69) is 36.1 Å². The Morgan fingerprint density at radius 2 is 2.24 bits per heavy atom. The summed E-state index contributed by atoms with van der Waals surface area (Å²) in [5.41, 5.74) is 0.376. The van der Waals surface area contributed by atoms with E-state index in [0.29, 0.717) is 21.5 Å². The van der Waals surface area contributed by atoms with Crippen molar-refractivity contribution in [2.75, 3.05) is 17.2 Å². The molecule has 1 N–H and O–H groups in total. The summed E-state index contributed by atoms with van der Waals surface area (Å²) in [6, 6.07) is 0. The molecule has 1 fully saturated rings. The Balaban J connectivity index is 1.96. The van der Waals surface area contributed by atoms with Crippen molar-refractivity contribution in [2.24, 2.45) is 5.92 Å². The summed E-state index contributed by atoms with van der Waals surface area (Å²) in [6.45, 7) is 0.0890. The molecule has 1 unspecified atom stereocenters. The summed E-state index contributed by atoms with van der Waals surface area (Å²) < 4.78 is 34.7. The summed E-state index contributed by atoms with van der Waals surface area (Å²) in [6.07, 6.45) is 1.22. The lowest BCUT2D eigenvalue weighted by molar-refractivity contribution is -0.117. The second-order valence-electron chi connectivity index (χ2n) is 4.71. The van der Waals surface area contributed by atoms with Crippen LogP contribution in [0.3, 0.4) is 0 Å². The number of hydrogen-bond acceptors (Lipinski definition) is 6. The van der Waals surface area contributed by atoms with Crippen LogP contribution >= 0.6 is 15.9 Å². The number of carbonyl (C=O) groups is 1. The SMILES string of the molecule is O=C1CC(CS(=O)(=O)F)CN1c1ncnc2n[nH]c(Br)c12. The van der Waals surface area contributed by atoms with Crippen molar-refractivity contribution in [1.82, 2.24) is 20.2 Å². The Morgan fingerprint density at radius 1 is 1.48 bits per heavy atom. The minimum Gasteiger partial charge on any atom is -0.296 e. The van der Waals surface area contributed by atoms with Gasteiger partial charge >= 0.3 is 10.2 Å². The third kappa shape index (κ3) is 2.75. The van der Waals surface area contributed by atoms with E-state index in [-0.39, 0.29) is 18.9 Å². The minimum atomic E-state index is -4.62. The number of rotatable bonds is 3. The van der Waals surface area contributed by atoms with E-state index in [1.165, 1.54) is 11.2 Å². The van der Waals surface area contributed by atoms with Gasteiger partial charge in [-0.15, -0.1) is 3.89 Å². The van der Waals surface area contributed by atoms with E-state index in [1.54, 1.807) is 0 Å². The first-order chi connectivity index (χ1) is 9.85. The van der Waals surface area contributed by atoms with Crippen molar-refractivity contribution in [3.05, 3.63) is 10.9 Å². The van der Waals surface area contributed by atoms with Crippen molar-refractivity contribution < 1.29 is 17.1 Å². The number of H-pyrrole nitrogens is 1. The van der Waals surface area contributed by atoms with Crippen molar-refractivity contribution in [3.8, 4) is 0 Å². The zero-order valence-electron chi connectivity index (χ0n) is 10.5. The lowest BCUT2D eigenvalue weighted by Gasteiger charge is -2.15. The molecule has 11 heteroatoms. The quantitative estimate of drug-likeness (QED) is 0.791. The van der Waals surface area contributed by atoms with Gasteiger partial charge in [0.25, 0.3) is 0 Å². The third-order valence-electron chi connectivity index (χ3n) is 3.18. The number of aromatic nitrogens is 4. The van der Waals surface area contributed by atoms with Gasteiger partial charge in [0.2, 0.25) is 5.91 Å². The maximum Gasteiger partial charge on any atom is 0.302 e. The molecule has 3 heterocycles. The lowest BCUT2D eigenvalue weighted by atomic mass is 10.1. The molecule has 1 aliphatic heterocycles. The molecule has 8 nitrogen and oxygen atoms in total. The summed E-state index contributed by atoms with van der Waals surface area (Å²) in [4.78, 5) is 21.4. The van der Waals surface area contributed by atoms with Gasteiger partial charge in [-0.2, -0.15) is 13.5 Å². The standard InChI is InChI=1S/C10H9BrFN5O3S/c11-8-7-9(16-15-8)13-4-14-10(7)17-2-5(1-6(17)18)3-21(12,19)20/h4-5H,1-3H2,(H,13,14,15,16). The van der Waals surface area contributed by atoms with Crippen LogP contribution in [0.4, 0.5) is 9.70 Å². The second-order valence-corrected chi connectivity index (χ2v) is 6.92. The normalized spacial score (nSPS) is 19.6. The fourth-order valence-corrected chi connectivity index (χ4v) is 3.62. The van der Waals surface area contributed by atoms with Crippen molar-refractivity contribution in [3.63, 3.8) is 0 Å². The first-order valence-corrected chi connectivity index (χ1v) is 8.27. The predicted molar refractivity (Wildman–Crippen MR) is 74.7 cm³/mol. The van der Waals surface area contributed by atoms with Gasteiger partial charge < -0.3 is 0 Å². The van der Waals surface area contributed by atoms with E-state index in [4.69, 9.17) is 0 Å². The third-order valence-corrected chi connectivity index (χ3v) is 4.63. The number of amides is 1. The second kappa shape index (κ2) is 4.98. The number of carbonyl (C=O) groups excluding carboxylic acids is 1. The Labute approximate surface area is 127 Å². The van der Waals surface area contributed by atoms with Crippen LogP contribution in [-0.4, -0.2) is 46.8 Å². The van der Waals surface area contributed by atoms with Crippen LogP contribution in [0.25, 0.3) is 11.0 Å². The highest BCUT2D eigenvalue weighted by atomic mass is 79.9. The van der Waals surface area contributed by atoms with Gasteiger partial charge in [0.05, 0.1) is 11.1 Å². The largest absolute Gasteiger partial charge is 0.302 e. The molecule has 0 spiro atoms. The molecule has 2 aromatic rings.